The van der Waals surface area contributed by atoms with E-state index in [0.29, 0.717) is 12.2 Å². The highest BCUT2D eigenvalue weighted by atomic mass is 16.5. The molecule has 3 rings (SSSR count). The van der Waals surface area contributed by atoms with Crippen LogP contribution in [0.3, 0.4) is 0 Å². The van der Waals surface area contributed by atoms with Crippen LogP contribution in [0.2, 0.25) is 0 Å². The predicted molar refractivity (Wildman–Crippen MR) is 77.9 cm³/mol. The molecule has 2 heterocycles. The Bertz CT molecular complexity index is 510. The number of carbonyl (C=O) groups excluding carboxylic acids is 2. The Hall–Kier alpha value is -1.88. The number of carbonyl (C=O) groups is 2. The molecule has 1 aromatic rings. The van der Waals surface area contributed by atoms with E-state index in [9.17, 15) is 9.59 Å². The van der Waals surface area contributed by atoms with Crippen molar-refractivity contribution < 1.29 is 14.3 Å². The van der Waals surface area contributed by atoms with E-state index in [0.717, 1.165) is 32.4 Å². The van der Waals surface area contributed by atoms with Gasteiger partial charge >= 0.3 is 5.97 Å². The van der Waals surface area contributed by atoms with Gasteiger partial charge in [-0.2, -0.15) is 0 Å². The van der Waals surface area contributed by atoms with Crippen molar-refractivity contribution in [2.24, 2.45) is 0 Å². The molecule has 5 nitrogen and oxygen atoms in total. The Morgan fingerprint density at radius 2 is 1.86 bits per heavy atom. The number of hydrogen-bond donors (Lipinski definition) is 1. The first kappa shape index (κ1) is 14.1. The van der Waals surface area contributed by atoms with E-state index in [1.807, 2.05) is 30.3 Å². The maximum absolute atomic E-state index is 12.1. The fraction of sp³-hybridized carbons (Fsp3) is 0.500. The van der Waals surface area contributed by atoms with Gasteiger partial charge in [-0.25, -0.2) is 0 Å². The number of hydrogen-bond acceptors (Lipinski definition) is 4. The summed E-state index contributed by atoms with van der Waals surface area (Å²) in [7, 11) is 0. The van der Waals surface area contributed by atoms with Crippen LogP contribution in [0.1, 0.15) is 29.6 Å². The first-order valence-corrected chi connectivity index (χ1v) is 7.50. The van der Waals surface area contributed by atoms with E-state index < -0.39 is 0 Å². The summed E-state index contributed by atoms with van der Waals surface area (Å²) in [4.78, 5) is 25.9. The van der Waals surface area contributed by atoms with Crippen LogP contribution in [0.15, 0.2) is 30.3 Å². The maximum Gasteiger partial charge on any atom is 0.323 e. The summed E-state index contributed by atoms with van der Waals surface area (Å²) in [5, 5.41) is 3.08. The van der Waals surface area contributed by atoms with Crippen LogP contribution in [0.5, 0.6) is 0 Å². The molecule has 0 spiro atoms. The van der Waals surface area contributed by atoms with E-state index in [1.165, 1.54) is 0 Å². The molecule has 0 bridgehead atoms. The van der Waals surface area contributed by atoms with Crippen molar-refractivity contribution in [1.82, 2.24) is 10.2 Å². The van der Waals surface area contributed by atoms with Gasteiger partial charge in [-0.3, -0.25) is 14.5 Å². The van der Waals surface area contributed by atoms with Gasteiger partial charge in [-0.15, -0.1) is 0 Å². The second kappa shape index (κ2) is 6.26. The second-order valence-electron chi connectivity index (χ2n) is 5.62. The number of benzene rings is 1. The van der Waals surface area contributed by atoms with Crippen LogP contribution in [-0.4, -0.2) is 48.6 Å². The molecule has 0 aliphatic carbocycles. The lowest BCUT2D eigenvalue weighted by molar-refractivity contribution is -0.142. The Kier molecular flexibility index (Phi) is 4.20. The average Bonchev–Trinajstić information content (AvgIpc) is 2.95. The largest absolute Gasteiger partial charge is 0.464 e. The summed E-state index contributed by atoms with van der Waals surface area (Å²) in [6, 6.07) is 9.38. The summed E-state index contributed by atoms with van der Waals surface area (Å²) >= 11 is 0. The summed E-state index contributed by atoms with van der Waals surface area (Å²) in [6.07, 6.45) is 2.55. The van der Waals surface area contributed by atoms with Gasteiger partial charge in [-0.05, 0) is 25.0 Å². The zero-order valence-electron chi connectivity index (χ0n) is 12.0. The first-order chi connectivity index (χ1) is 10.2. The highest BCUT2D eigenvalue weighted by molar-refractivity contribution is 5.94. The summed E-state index contributed by atoms with van der Waals surface area (Å²) in [6.45, 7) is 2.20. The fourth-order valence-corrected chi connectivity index (χ4v) is 3.03. The zero-order chi connectivity index (χ0) is 14.7. The standard InChI is InChI=1S/C16H20N2O3/c19-15(12-4-2-1-3-5-12)17-13-6-9-18(10-7-13)14-8-11-21-16(14)20/h1-5,13-14H,6-11H2,(H,17,19)/t14-/m1/s1. The number of cyclic esters (lactones) is 1. The molecule has 1 aromatic carbocycles. The number of nitrogens with one attached hydrogen (secondary N) is 1. The van der Waals surface area contributed by atoms with Crippen LogP contribution in [0, 0.1) is 0 Å². The Labute approximate surface area is 124 Å². The molecular weight excluding hydrogens is 268 g/mol. The third-order valence-electron chi connectivity index (χ3n) is 4.25. The lowest BCUT2D eigenvalue weighted by atomic mass is 10.0. The van der Waals surface area contributed by atoms with Crippen molar-refractivity contribution in [1.29, 1.82) is 0 Å². The molecule has 1 atom stereocenters. The van der Waals surface area contributed by atoms with Gasteiger partial charge in [0.15, 0.2) is 0 Å². The second-order valence-corrected chi connectivity index (χ2v) is 5.62. The Morgan fingerprint density at radius 3 is 2.48 bits per heavy atom. The van der Waals surface area contributed by atoms with Crippen molar-refractivity contribution >= 4 is 11.9 Å². The molecule has 2 saturated heterocycles. The monoisotopic (exact) mass is 288 g/mol. The lowest BCUT2D eigenvalue weighted by Gasteiger charge is -2.34. The topological polar surface area (TPSA) is 58.6 Å². The molecule has 2 aliphatic rings. The predicted octanol–water partition coefficient (Wildman–Crippen LogP) is 1.20. The Balaban J connectivity index is 1.50. The maximum atomic E-state index is 12.1. The van der Waals surface area contributed by atoms with Crippen LogP contribution in [-0.2, 0) is 9.53 Å². The molecule has 1 amide bonds. The minimum atomic E-state index is -0.0956. The third-order valence-corrected chi connectivity index (χ3v) is 4.25. The number of nitrogens with zero attached hydrogens (tertiary/aromatic N) is 1. The average molecular weight is 288 g/mol. The molecular formula is C16H20N2O3. The normalized spacial score (nSPS) is 23.8. The highest BCUT2D eigenvalue weighted by Crippen LogP contribution is 2.19. The Morgan fingerprint density at radius 1 is 1.14 bits per heavy atom. The molecule has 0 radical (unpaired) electrons. The van der Waals surface area contributed by atoms with Gasteiger partial charge in [0, 0.05) is 31.1 Å². The van der Waals surface area contributed by atoms with E-state index in [1.54, 1.807) is 0 Å². The highest BCUT2D eigenvalue weighted by Gasteiger charge is 2.34. The molecule has 5 heteroatoms. The van der Waals surface area contributed by atoms with Crippen molar-refractivity contribution in [3.8, 4) is 0 Å². The summed E-state index contributed by atoms with van der Waals surface area (Å²) in [5.74, 6) is -0.115. The smallest absolute Gasteiger partial charge is 0.323 e. The number of likely N-dealkylation sites (tertiary alicyclic amines) is 1. The number of amides is 1. The van der Waals surface area contributed by atoms with E-state index in [-0.39, 0.29) is 24.0 Å². The van der Waals surface area contributed by atoms with Gasteiger partial charge < -0.3 is 10.1 Å². The minimum absolute atomic E-state index is 0.0191. The van der Waals surface area contributed by atoms with Crippen LogP contribution < -0.4 is 5.32 Å². The van der Waals surface area contributed by atoms with Gasteiger partial charge in [0.05, 0.1) is 6.61 Å². The van der Waals surface area contributed by atoms with Crippen molar-refractivity contribution in [3.63, 3.8) is 0 Å². The molecule has 21 heavy (non-hydrogen) atoms. The molecule has 2 fully saturated rings. The van der Waals surface area contributed by atoms with E-state index in [4.69, 9.17) is 4.74 Å². The van der Waals surface area contributed by atoms with Crippen LogP contribution in [0.25, 0.3) is 0 Å². The van der Waals surface area contributed by atoms with Gasteiger partial charge in [0.25, 0.3) is 5.91 Å². The number of piperidine rings is 1. The molecule has 112 valence electrons. The van der Waals surface area contributed by atoms with Crippen LogP contribution >= 0.6 is 0 Å². The SMILES string of the molecule is O=C(NC1CCN([C@@H]2CCOC2=O)CC1)c1ccccc1. The quantitative estimate of drug-likeness (QED) is 0.849. The third kappa shape index (κ3) is 3.24. The van der Waals surface area contributed by atoms with E-state index in [2.05, 4.69) is 10.2 Å². The first-order valence-electron chi connectivity index (χ1n) is 7.50. The van der Waals surface area contributed by atoms with Crippen LogP contribution in [0.4, 0.5) is 0 Å². The zero-order valence-corrected chi connectivity index (χ0v) is 12.0. The number of rotatable bonds is 3. The molecule has 0 aromatic heterocycles. The lowest BCUT2D eigenvalue weighted by Crippen LogP contribution is -2.49. The molecule has 0 unspecified atom stereocenters. The van der Waals surface area contributed by atoms with Gasteiger partial charge in [-0.1, -0.05) is 18.2 Å². The van der Waals surface area contributed by atoms with Crippen molar-refractivity contribution in [2.45, 2.75) is 31.3 Å². The number of esters is 1. The fourth-order valence-electron chi connectivity index (χ4n) is 3.03. The van der Waals surface area contributed by atoms with Crippen molar-refractivity contribution in [2.75, 3.05) is 19.7 Å². The van der Waals surface area contributed by atoms with E-state index >= 15 is 0 Å². The van der Waals surface area contributed by atoms with Gasteiger partial charge in [0.1, 0.15) is 6.04 Å². The molecule has 1 N–H and O–H groups in total. The molecule has 2 aliphatic heterocycles. The van der Waals surface area contributed by atoms with Crippen molar-refractivity contribution in [3.05, 3.63) is 35.9 Å². The molecule has 0 saturated carbocycles. The van der Waals surface area contributed by atoms with Gasteiger partial charge in [0.2, 0.25) is 0 Å². The minimum Gasteiger partial charge on any atom is -0.464 e. The number of ether oxygens (including phenoxy) is 1. The summed E-state index contributed by atoms with van der Waals surface area (Å²) in [5.41, 5.74) is 0.694. The summed E-state index contributed by atoms with van der Waals surface area (Å²) < 4.78 is 5.02.